The monoisotopic (exact) mass is 281 g/mol. The Morgan fingerprint density at radius 2 is 1.90 bits per heavy atom. The van der Waals surface area contributed by atoms with Crippen molar-refractivity contribution in [2.24, 2.45) is 17.6 Å². The molecule has 0 bridgehead atoms. The highest BCUT2D eigenvalue weighted by atomic mass is 16.2. The third kappa shape index (κ3) is 3.95. The number of carbonyl (C=O) groups is 2. The minimum atomic E-state index is -0.0182. The molecule has 1 heterocycles. The van der Waals surface area contributed by atoms with Gasteiger partial charge >= 0.3 is 0 Å². The molecule has 0 aromatic carbocycles. The standard InChI is InChI=1S/C15H27N3O2/c1-11-5-6-12(9-13(11)16)15(20)17-10-14(19)18-7-3-2-4-8-18/h11-13H,2-10,16H2,1H3,(H,17,20). The van der Waals surface area contributed by atoms with Gasteiger partial charge in [0, 0.05) is 25.0 Å². The fourth-order valence-corrected chi connectivity index (χ4v) is 3.16. The average Bonchev–Trinajstić information content (AvgIpc) is 2.48. The van der Waals surface area contributed by atoms with Gasteiger partial charge in [-0.2, -0.15) is 0 Å². The molecule has 2 rings (SSSR count). The van der Waals surface area contributed by atoms with Crippen LogP contribution in [0.2, 0.25) is 0 Å². The van der Waals surface area contributed by atoms with Crippen molar-refractivity contribution in [1.29, 1.82) is 0 Å². The summed E-state index contributed by atoms with van der Waals surface area (Å²) in [6.07, 6.45) is 5.99. The van der Waals surface area contributed by atoms with Crippen LogP contribution in [0, 0.1) is 11.8 Å². The third-order valence-electron chi connectivity index (χ3n) is 4.75. The molecule has 1 saturated heterocycles. The van der Waals surface area contributed by atoms with Crippen molar-refractivity contribution in [2.75, 3.05) is 19.6 Å². The smallest absolute Gasteiger partial charge is 0.241 e. The fourth-order valence-electron chi connectivity index (χ4n) is 3.16. The Balaban J connectivity index is 1.73. The summed E-state index contributed by atoms with van der Waals surface area (Å²) in [5.41, 5.74) is 6.02. The molecule has 2 aliphatic rings. The van der Waals surface area contributed by atoms with Crippen LogP contribution in [0.4, 0.5) is 0 Å². The first-order valence-corrected chi connectivity index (χ1v) is 7.89. The van der Waals surface area contributed by atoms with Gasteiger partial charge in [0.25, 0.3) is 0 Å². The van der Waals surface area contributed by atoms with Crippen molar-refractivity contribution >= 4 is 11.8 Å². The van der Waals surface area contributed by atoms with Gasteiger partial charge in [-0.3, -0.25) is 9.59 Å². The summed E-state index contributed by atoms with van der Waals surface area (Å²) < 4.78 is 0. The zero-order chi connectivity index (χ0) is 14.5. The van der Waals surface area contributed by atoms with Crippen LogP contribution in [-0.4, -0.2) is 42.4 Å². The molecule has 0 aromatic heterocycles. The van der Waals surface area contributed by atoms with Gasteiger partial charge in [0.1, 0.15) is 0 Å². The molecular formula is C15H27N3O2. The van der Waals surface area contributed by atoms with Crippen molar-refractivity contribution in [3.63, 3.8) is 0 Å². The van der Waals surface area contributed by atoms with Crippen LogP contribution in [0.1, 0.15) is 45.4 Å². The van der Waals surface area contributed by atoms with Gasteiger partial charge in [-0.15, -0.1) is 0 Å². The van der Waals surface area contributed by atoms with Crippen LogP contribution in [-0.2, 0) is 9.59 Å². The topological polar surface area (TPSA) is 75.4 Å². The van der Waals surface area contributed by atoms with Gasteiger partial charge in [-0.05, 0) is 44.4 Å². The molecule has 1 aliphatic heterocycles. The summed E-state index contributed by atoms with van der Waals surface area (Å²) in [4.78, 5) is 25.9. The normalized spacial score (nSPS) is 30.9. The highest BCUT2D eigenvalue weighted by Crippen LogP contribution is 2.27. The van der Waals surface area contributed by atoms with Gasteiger partial charge in [0.15, 0.2) is 0 Å². The first-order valence-electron chi connectivity index (χ1n) is 7.89. The van der Waals surface area contributed by atoms with Crippen molar-refractivity contribution in [3.05, 3.63) is 0 Å². The van der Waals surface area contributed by atoms with Crippen LogP contribution in [0.5, 0.6) is 0 Å². The second kappa shape index (κ2) is 7.07. The Bertz CT molecular complexity index is 353. The van der Waals surface area contributed by atoms with Gasteiger partial charge in [-0.25, -0.2) is 0 Å². The van der Waals surface area contributed by atoms with Crippen LogP contribution in [0.25, 0.3) is 0 Å². The zero-order valence-electron chi connectivity index (χ0n) is 12.4. The van der Waals surface area contributed by atoms with E-state index in [0.717, 1.165) is 45.2 Å². The number of rotatable bonds is 3. The molecule has 3 unspecified atom stereocenters. The molecule has 2 amide bonds. The lowest BCUT2D eigenvalue weighted by Crippen LogP contribution is -2.46. The van der Waals surface area contributed by atoms with Crippen molar-refractivity contribution < 1.29 is 9.59 Å². The maximum absolute atomic E-state index is 12.1. The van der Waals surface area contributed by atoms with E-state index < -0.39 is 0 Å². The number of piperidine rings is 1. The summed E-state index contributed by atoms with van der Waals surface area (Å²) in [5.74, 6) is 0.522. The molecular weight excluding hydrogens is 254 g/mol. The largest absolute Gasteiger partial charge is 0.347 e. The Kier molecular flexibility index (Phi) is 5.40. The second-order valence-electron chi connectivity index (χ2n) is 6.31. The van der Waals surface area contributed by atoms with Gasteiger partial charge < -0.3 is 16.0 Å². The molecule has 0 radical (unpaired) electrons. The van der Waals surface area contributed by atoms with Crippen LogP contribution < -0.4 is 11.1 Å². The lowest BCUT2D eigenvalue weighted by atomic mass is 9.79. The summed E-state index contributed by atoms with van der Waals surface area (Å²) in [6.45, 7) is 3.94. The second-order valence-corrected chi connectivity index (χ2v) is 6.31. The number of nitrogens with two attached hydrogens (primary N) is 1. The van der Waals surface area contributed by atoms with E-state index in [1.54, 1.807) is 0 Å². The highest BCUT2D eigenvalue weighted by Gasteiger charge is 2.29. The molecule has 1 saturated carbocycles. The van der Waals surface area contributed by atoms with Crippen LogP contribution in [0.15, 0.2) is 0 Å². The highest BCUT2D eigenvalue weighted by molar-refractivity contribution is 5.86. The lowest BCUT2D eigenvalue weighted by Gasteiger charge is -2.31. The predicted molar refractivity (Wildman–Crippen MR) is 77.9 cm³/mol. The van der Waals surface area contributed by atoms with E-state index in [0.29, 0.717) is 5.92 Å². The van der Waals surface area contributed by atoms with Gasteiger partial charge in [0.05, 0.1) is 6.54 Å². The van der Waals surface area contributed by atoms with E-state index in [2.05, 4.69) is 12.2 Å². The number of nitrogens with one attached hydrogen (secondary N) is 1. The minimum Gasteiger partial charge on any atom is -0.347 e. The van der Waals surface area contributed by atoms with Crippen LogP contribution in [0.3, 0.4) is 0 Å². The predicted octanol–water partition coefficient (Wildman–Crippen LogP) is 0.879. The number of amides is 2. The summed E-state index contributed by atoms with van der Waals surface area (Å²) in [5, 5.41) is 2.80. The van der Waals surface area contributed by atoms with Crippen molar-refractivity contribution in [2.45, 2.75) is 51.5 Å². The molecule has 3 atom stereocenters. The van der Waals surface area contributed by atoms with Crippen molar-refractivity contribution in [1.82, 2.24) is 10.2 Å². The first kappa shape index (κ1) is 15.3. The maximum atomic E-state index is 12.1. The Hall–Kier alpha value is -1.10. The number of hydrogen-bond donors (Lipinski definition) is 2. The molecule has 20 heavy (non-hydrogen) atoms. The molecule has 5 heteroatoms. The molecule has 0 spiro atoms. The molecule has 114 valence electrons. The molecule has 1 aliphatic carbocycles. The minimum absolute atomic E-state index is 0.00212. The number of hydrogen-bond acceptors (Lipinski definition) is 3. The van der Waals surface area contributed by atoms with Gasteiger partial charge in [-0.1, -0.05) is 6.92 Å². The Morgan fingerprint density at radius 1 is 1.20 bits per heavy atom. The SMILES string of the molecule is CC1CCC(C(=O)NCC(=O)N2CCCCC2)CC1N. The molecule has 3 N–H and O–H groups in total. The summed E-state index contributed by atoms with van der Waals surface area (Å²) in [6, 6.07) is 0.109. The van der Waals surface area contributed by atoms with Gasteiger partial charge in [0.2, 0.25) is 11.8 Å². The molecule has 0 aromatic rings. The fraction of sp³-hybridized carbons (Fsp3) is 0.867. The number of nitrogens with zero attached hydrogens (tertiary/aromatic N) is 1. The van der Waals surface area contributed by atoms with E-state index in [1.165, 1.54) is 6.42 Å². The quantitative estimate of drug-likeness (QED) is 0.806. The number of likely N-dealkylation sites (tertiary alicyclic amines) is 1. The maximum Gasteiger partial charge on any atom is 0.241 e. The molecule has 2 fully saturated rings. The molecule has 5 nitrogen and oxygen atoms in total. The average molecular weight is 281 g/mol. The summed E-state index contributed by atoms with van der Waals surface area (Å²) in [7, 11) is 0. The van der Waals surface area contributed by atoms with E-state index in [4.69, 9.17) is 5.73 Å². The van der Waals surface area contributed by atoms with E-state index in [-0.39, 0.29) is 30.3 Å². The zero-order valence-corrected chi connectivity index (χ0v) is 12.4. The Labute approximate surface area is 121 Å². The summed E-state index contributed by atoms with van der Waals surface area (Å²) >= 11 is 0. The van der Waals surface area contributed by atoms with E-state index >= 15 is 0 Å². The van der Waals surface area contributed by atoms with E-state index in [1.807, 2.05) is 4.90 Å². The third-order valence-corrected chi connectivity index (χ3v) is 4.75. The Morgan fingerprint density at radius 3 is 2.55 bits per heavy atom. The van der Waals surface area contributed by atoms with Crippen molar-refractivity contribution in [3.8, 4) is 0 Å². The van der Waals surface area contributed by atoms with Crippen LogP contribution >= 0.6 is 0 Å². The number of carbonyl (C=O) groups excluding carboxylic acids is 2. The van der Waals surface area contributed by atoms with E-state index in [9.17, 15) is 9.59 Å². The first-order chi connectivity index (χ1) is 9.58. The lowest BCUT2D eigenvalue weighted by molar-refractivity contribution is -0.135.